The van der Waals surface area contributed by atoms with Gasteiger partial charge in [-0.3, -0.25) is 0 Å². The Balaban J connectivity index is 1.98. The summed E-state index contributed by atoms with van der Waals surface area (Å²) in [6.07, 6.45) is 0. The van der Waals surface area contributed by atoms with E-state index in [1.807, 2.05) is 18.2 Å². The molecular weight excluding hydrogens is 329 g/mol. The number of nitrogen functional groups attached to an aromatic ring is 1. The maximum Gasteiger partial charge on any atom is 0.139 e. The highest BCUT2D eigenvalue weighted by Crippen LogP contribution is 2.30. The van der Waals surface area contributed by atoms with Crippen LogP contribution in [-0.4, -0.2) is 4.98 Å². The molecule has 3 N–H and O–H groups in total. The third-order valence-corrected chi connectivity index (χ3v) is 4.10. The Hall–Kier alpha value is -1.66. The van der Waals surface area contributed by atoms with Crippen molar-refractivity contribution in [2.75, 3.05) is 11.1 Å². The van der Waals surface area contributed by atoms with Gasteiger partial charge < -0.3 is 11.1 Å². The summed E-state index contributed by atoms with van der Waals surface area (Å²) in [5.74, 6) is -0.374. The lowest BCUT2D eigenvalue weighted by Crippen LogP contribution is -1.97. The van der Waals surface area contributed by atoms with E-state index in [0.29, 0.717) is 15.8 Å². The van der Waals surface area contributed by atoms with Gasteiger partial charge in [0.25, 0.3) is 0 Å². The molecule has 0 radical (unpaired) electrons. The Morgan fingerprint density at radius 3 is 2.95 bits per heavy atom. The van der Waals surface area contributed by atoms with Crippen molar-refractivity contribution in [1.29, 1.82) is 0 Å². The monoisotopic (exact) mass is 337 g/mol. The van der Waals surface area contributed by atoms with Crippen LogP contribution < -0.4 is 11.1 Å². The van der Waals surface area contributed by atoms with Gasteiger partial charge in [-0.1, -0.05) is 0 Å². The minimum absolute atomic E-state index is 0.366. The summed E-state index contributed by atoms with van der Waals surface area (Å²) in [6.45, 7) is 0. The van der Waals surface area contributed by atoms with Gasteiger partial charge in [0.05, 0.1) is 31.6 Å². The standard InChI is InChI=1S/C13H9BrFN3S/c14-8-4-12(10(16)5-9(8)15)18-7-1-2-11-13(3-7)19-6-17-11/h1-6,18H,16H2. The van der Waals surface area contributed by atoms with Gasteiger partial charge in [-0.05, 0) is 40.2 Å². The van der Waals surface area contributed by atoms with Gasteiger partial charge in [-0.25, -0.2) is 9.37 Å². The molecule has 3 nitrogen and oxygen atoms in total. The first-order chi connectivity index (χ1) is 9.13. The van der Waals surface area contributed by atoms with E-state index in [1.165, 1.54) is 6.07 Å². The van der Waals surface area contributed by atoms with Crippen LogP contribution in [-0.2, 0) is 0 Å². The molecular formula is C13H9BrFN3S. The van der Waals surface area contributed by atoms with Crippen molar-refractivity contribution in [3.63, 3.8) is 0 Å². The number of halogens is 2. The van der Waals surface area contributed by atoms with Gasteiger partial charge in [0.2, 0.25) is 0 Å². The quantitative estimate of drug-likeness (QED) is 0.675. The molecule has 0 atom stereocenters. The van der Waals surface area contributed by atoms with Crippen LogP contribution in [0.1, 0.15) is 0 Å². The molecule has 0 amide bonds. The van der Waals surface area contributed by atoms with E-state index < -0.39 is 0 Å². The number of nitrogens with zero attached hydrogens (tertiary/aromatic N) is 1. The van der Waals surface area contributed by atoms with E-state index in [2.05, 4.69) is 26.2 Å². The zero-order chi connectivity index (χ0) is 13.4. The van der Waals surface area contributed by atoms with Crippen molar-refractivity contribution in [2.45, 2.75) is 0 Å². The van der Waals surface area contributed by atoms with Crippen molar-refractivity contribution in [2.24, 2.45) is 0 Å². The first-order valence-electron chi connectivity index (χ1n) is 5.48. The molecule has 0 aliphatic carbocycles. The largest absolute Gasteiger partial charge is 0.397 e. The molecule has 96 valence electrons. The predicted molar refractivity (Wildman–Crippen MR) is 81.4 cm³/mol. The summed E-state index contributed by atoms with van der Waals surface area (Å²) in [5, 5.41) is 3.18. The second-order valence-electron chi connectivity index (χ2n) is 4.01. The summed E-state index contributed by atoms with van der Waals surface area (Å²) in [6, 6.07) is 8.75. The highest BCUT2D eigenvalue weighted by Gasteiger charge is 2.07. The molecule has 19 heavy (non-hydrogen) atoms. The van der Waals surface area contributed by atoms with Gasteiger partial charge in [0.15, 0.2) is 0 Å². The third kappa shape index (κ3) is 2.41. The molecule has 3 aromatic rings. The molecule has 0 fully saturated rings. The molecule has 2 aromatic carbocycles. The van der Waals surface area contributed by atoms with E-state index >= 15 is 0 Å². The average molecular weight is 338 g/mol. The number of hydrogen-bond donors (Lipinski definition) is 2. The maximum atomic E-state index is 13.3. The van der Waals surface area contributed by atoms with Gasteiger partial charge in [0, 0.05) is 11.8 Å². The molecule has 6 heteroatoms. The number of aromatic nitrogens is 1. The Morgan fingerprint density at radius 1 is 1.26 bits per heavy atom. The Bertz CT molecular complexity index is 757. The van der Waals surface area contributed by atoms with E-state index in [0.717, 1.165) is 15.9 Å². The number of fused-ring (bicyclic) bond motifs is 1. The van der Waals surface area contributed by atoms with Crippen molar-refractivity contribution < 1.29 is 4.39 Å². The summed E-state index contributed by atoms with van der Waals surface area (Å²) in [5.41, 5.74) is 10.5. The number of thiazole rings is 1. The molecule has 1 aromatic heterocycles. The molecule has 0 unspecified atom stereocenters. The number of hydrogen-bond acceptors (Lipinski definition) is 4. The second kappa shape index (κ2) is 4.79. The van der Waals surface area contributed by atoms with Crippen LogP contribution in [0.2, 0.25) is 0 Å². The lowest BCUT2D eigenvalue weighted by molar-refractivity contribution is 0.622. The van der Waals surface area contributed by atoms with Crippen LogP contribution in [0.25, 0.3) is 10.2 Å². The van der Waals surface area contributed by atoms with Crippen molar-refractivity contribution in [1.82, 2.24) is 4.98 Å². The molecule has 0 aliphatic rings. The second-order valence-corrected chi connectivity index (χ2v) is 5.75. The molecule has 0 saturated carbocycles. The highest BCUT2D eigenvalue weighted by atomic mass is 79.9. The molecule has 0 aliphatic heterocycles. The fourth-order valence-electron chi connectivity index (χ4n) is 1.76. The van der Waals surface area contributed by atoms with E-state index in [4.69, 9.17) is 5.73 Å². The normalized spacial score (nSPS) is 10.8. The summed E-state index contributed by atoms with van der Waals surface area (Å²) < 4.78 is 14.8. The van der Waals surface area contributed by atoms with Crippen LogP contribution in [0, 0.1) is 5.82 Å². The lowest BCUT2D eigenvalue weighted by atomic mass is 10.2. The summed E-state index contributed by atoms with van der Waals surface area (Å²) in [4.78, 5) is 4.22. The van der Waals surface area contributed by atoms with Crippen LogP contribution in [0.5, 0.6) is 0 Å². The number of anilines is 3. The van der Waals surface area contributed by atoms with Crippen molar-refractivity contribution in [3.8, 4) is 0 Å². The SMILES string of the molecule is Nc1cc(F)c(Br)cc1Nc1ccc2ncsc2c1. The van der Waals surface area contributed by atoms with Gasteiger partial charge in [-0.15, -0.1) is 11.3 Å². The zero-order valence-corrected chi connectivity index (χ0v) is 12.1. The molecule has 3 rings (SSSR count). The van der Waals surface area contributed by atoms with E-state index in [1.54, 1.807) is 22.9 Å². The van der Waals surface area contributed by atoms with Gasteiger partial charge >= 0.3 is 0 Å². The van der Waals surface area contributed by atoms with E-state index in [-0.39, 0.29) is 5.82 Å². The highest BCUT2D eigenvalue weighted by molar-refractivity contribution is 9.10. The van der Waals surface area contributed by atoms with Gasteiger partial charge in [0.1, 0.15) is 5.82 Å². The summed E-state index contributed by atoms with van der Waals surface area (Å²) in [7, 11) is 0. The fraction of sp³-hybridized carbons (Fsp3) is 0. The van der Waals surface area contributed by atoms with Crippen LogP contribution >= 0.6 is 27.3 Å². The fourth-order valence-corrected chi connectivity index (χ4v) is 2.82. The topological polar surface area (TPSA) is 50.9 Å². The van der Waals surface area contributed by atoms with Crippen molar-refractivity contribution >= 4 is 54.5 Å². The van der Waals surface area contributed by atoms with Gasteiger partial charge in [-0.2, -0.15) is 0 Å². The minimum atomic E-state index is -0.374. The lowest BCUT2D eigenvalue weighted by Gasteiger charge is -2.10. The van der Waals surface area contributed by atoms with E-state index in [9.17, 15) is 4.39 Å². The Morgan fingerprint density at radius 2 is 2.11 bits per heavy atom. The Labute approximate surface area is 121 Å². The maximum absolute atomic E-state index is 13.3. The zero-order valence-electron chi connectivity index (χ0n) is 9.65. The number of nitrogens with two attached hydrogens (primary N) is 1. The third-order valence-electron chi connectivity index (χ3n) is 2.70. The smallest absolute Gasteiger partial charge is 0.139 e. The molecule has 0 bridgehead atoms. The first-order valence-corrected chi connectivity index (χ1v) is 7.15. The van der Waals surface area contributed by atoms with Crippen LogP contribution in [0.4, 0.5) is 21.5 Å². The molecule has 0 saturated heterocycles. The number of rotatable bonds is 2. The van der Waals surface area contributed by atoms with Crippen molar-refractivity contribution in [3.05, 3.63) is 46.1 Å². The number of nitrogens with one attached hydrogen (secondary N) is 1. The number of benzene rings is 2. The molecule has 0 spiro atoms. The average Bonchev–Trinajstić information content (AvgIpc) is 2.83. The Kier molecular flexibility index (Phi) is 3.12. The minimum Gasteiger partial charge on any atom is -0.397 e. The summed E-state index contributed by atoms with van der Waals surface area (Å²) >= 11 is 4.72. The van der Waals surface area contributed by atoms with Crippen LogP contribution in [0.15, 0.2) is 40.3 Å². The first kappa shape index (κ1) is 12.4. The molecule has 1 heterocycles. The van der Waals surface area contributed by atoms with Crippen LogP contribution in [0.3, 0.4) is 0 Å². The predicted octanol–water partition coefficient (Wildman–Crippen LogP) is 4.52.